The monoisotopic (exact) mass is 385 g/mol. The van der Waals surface area contributed by atoms with Crippen molar-refractivity contribution in [3.8, 4) is 11.1 Å². The van der Waals surface area contributed by atoms with Crippen molar-refractivity contribution in [1.82, 2.24) is 24.3 Å². The van der Waals surface area contributed by atoms with Gasteiger partial charge in [0.25, 0.3) is 5.56 Å². The van der Waals surface area contributed by atoms with Gasteiger partial charge in [0, 0.05) is 30.4 Å². The molecule has 0 bridgehead atoms. The van der Waals surface area contributed by atoms with Gasteiger partial charge in [0.1, 0.15) is 5.82 Å². The summed E-state index contributed by atoms with van der Waals surface area (Å²) in [4.78, 5) is 20.5. The molecule has 3 aromatic heterocycles. The Balaban J connectivity index is 1.58. The normalized spacial score (nSPS) is 11.4. The van der Waals surface area contributed by atoms with Gasteiger partial charge < -0.3 is 0 Å². The Bertz CT molecular complexity index is 1440. The Hall–Kier alpha value is -3.87. The molecule has 3 heterocycles. The van der Waals surface area contributed by atoms with Crippen LogP contribution in [0.1, 0.15) is 5.56 Å². The molecule has 29 heavy (non-hydrogen) atoms. The topological polar surface area (TPSA) is 65.6 Å². The number of nitrogens with zero attached hydrogens (tertiary/aromatic N) is 5. The minimum absolute atomic E-state index is 0.104. The molecule has 142 valence electrons. The van der Waals surface area contributed by atoms with Crippen molar-refractivity contribution in [2.45, 2.75) is 6.54 Å². The molecule has 2 aromatic carbocycles. The Morgan fingerprint density at radius 3 is 2.83 bits per heavy atom. The first kappa shape index (κ1) is 17.2. The highest BCUT2D eigenvalue weighted by molar-refractivity contribution is 5.94. The van der Waals surface area contributed by atoms with Gasteiger partial charge in [-0.15, -0.1) is 0 Å². The third kappa shape index (κ3) is 2.97. The maximum atomic E-state index is 15.0. The summed E-state index contributed by atoms with van der Waals surface area (Å²) in [6.07, 6.45) is 4.75. The maximum Gasteiger partial charge on any atom is 0.269 e. The van der Waals surface area contributed by atoms with E-state index in [0.717, 1.165) is 22.0 Å². The molecular weight excluding hydrogens is 369 g/mol. The zero-order valence-corrected chi connectivity index (χ0v) is 15.6. The van der Waals surface area contributed by atoms with Gasteiger partial charge in [0.05, 0.1) is 23.8 Å². The number of hydrogen-bond acceptors (Lipinski definition) is 4. The highest BCUT2D eigenvalue weighted by Gasteiger charge is 2.12. The molecule has 0 saturated heterocycles. The Kier molecular flexibility index (Phi) is 3.94. The average Bonchev–Trinajstić information content (AvgIpc) is 3.11. The lowest BCUT2D eigenvalue weighted by Crippen LogP contribution is -2.21. The molecule has 0 N–H and O–H groups in total. The van der Waals surface area contributed by atoms with Crippen molar-refractivity contribution in [1.29, 1.82) is 0 Å². The molecule has 0 spiro atoms. The van der Waals surface area contributed by atoms with Crippen molar-refractivity contribution >= 4 is 22.1 Å². The summed E-state index contributed by atoms with van der Waals surface area (Å²) in [7, 11) is 1.86. The van der Waals surface area contributed by atoms with Crippen LogP contribution in [0.4, 0.5) is 4.39 Å². The lowest BCUT2D eigenvalue weighted by molar-refractivity contribution is 0.599. The van der Waals surface area contributed by atoms with Crippen LogP contribution in [0.5, 0.6) is 0 Å². The zero-order chi connectivity index (χ0) is 20.0. The van der Waals surface area contributed by atoms with E-state index in [4.69, 9.17) is 0 Å². The maximum absolute atomic E-state index is 15.0. The van der Waals surface area contributed by atoms with E-state index >= 15 is 0 Å². The van der Waals surface area contributed by atoms with E-state index in [-0.39, 0.29) is 17.9 Å². The van der Waals surface area contributed by atoms with Crippen LogP contribution < -0.4 is 5.56 Å². The molecule has 0 aliphatic heterocycles. The molecular formula is C22H16FN5O. The molecule has 0 fully saturated rings. The first-order valence-electron chi connectivity index (χ1n) is 9.12. The lowest BCUT2D eigenvalue weighted by Gasteiger charge is -2.11. The Labute approximate surface area is 164 Å². The molecule has 0 aliphatic rings. The number of aryl methyl sites for hydroxylation is 1. The zero-order valence-electron chi connectivity index (χ0n) is 15.6. The van der Waals surface area contributed by atoms with Crippen molar-refractivity contribution in [2.75, 3.05) is 0 Å². The largest absolute Gasteiger partial charge is 0.299 e. The number of rotatable bonds is 3. The summed E-state index contributed by atoms with van der Waals surface area (Å²) in [5.41, 5.74) is 3.68. The predicted molar refractivity (Wildman–Crippen MR) is 109 cm³/mol. The highest BCUT2D eigenvalue weighted by atomic mass is 19.1. The predicted octanol–water partition coefficient (Wildman–Crippen LogP) is 3.53. The van der Waals surface area contributed by atoms with Crippen molar-refractivity contribution in [3.05, 3.63) is 88.9 Å². The van der Waals surface area contributed by atoms with E-state index in [1.807, 2.05) is 37.5 Å². The van der Waals surface area contributed by atoms with Gasteiger partial charge >= 0.3 is 0 Å². The fraction of sp³-hybridized carbons (Fsp3) is 0.0909. The third-order valence-corrected chi connectivity index (χ3v) is 4.98. The van der Waals surface area contributed by atoms with E-state index < -0.39 is 0 Å². The van der Waals surface area contributed by atoms with Gasteiger partial charge in [-0.05, 0) is 35.4 Å². The summed E-state index contributed by atoms with van der Waals surface area (Å²) in [5, 5.41) is 5.37. The van der Waals surface area contributed by atoms with E-state index in [0.29, 0.717) is 16.7 Å². The molecule has 5 rings (SSSR count). The van der Waals surface area contributed by atoms with Crippen LogP contribution in [0.2, 0.25) is 0 Å². The fourth-order valence-electron chi connectivity index (χ4n) is 3.59. The van der Waals surface area contributed by atoms with Crippen LogP contribution in [0.25, 0.3) is 33.2 Å². The van der Waals surface area contributed by atoms with Crippen LogP contribution in [-0.2, 0) is 13.6 Å². The first-order valence-corrected chi connectivity index (χ1v) is 9.12. The molecule has 0 amide bonds. The van der Waals surface area contributed by atoms with Gasteiger partial charge in [-0.25, -0.2) is 14.4 Å². The summed E-state index contributed by atoms with van der Waals surface area (Å²) in [6, 6.07) is 14.4. The number of halogens is 1. The van der Waals surface area contributed by atoms with E-state index in [1.54, 1.807) is 29.1 Å². The molecule has 0 unspecified atom stereocenters. The quantitative estimate of drug-likeness (QED) is 0.477. The second-order valence-corrected chi connectivity index (χ2v) is 6.88. The minimum Gasteiger partial charge on any atom is -0.299 e. The van der Waals surface area contributed by atoms with Crippen LogP contribution in [-0.4, -0.2) is 24.3 Å². The lowest BCUT2D eigenvalue weighted by atomic mass is 10.0. The summed E-state index contributed by atoms with van der Waals surface area (Å²) >= 11 is 0. The average molecular weight is 385 g/mol. The van der Waals surface area contributed by atoms with E-state index in [9.17, 15) is 9.18 Å². The third-order valence-electron chi connectivity index (χ3n) is 4.98. The highest BCUT2D eigenvalue weighted by Crippen LogP contribution is 2.29. The van der Waals surface area contributed by atoms with Gasteiger partial charge in [-0.3, -0.25) is 14.0 Å². The summed E-state index contributed by atoms with van der Waals surface area (Å²) in [5.74, 6) is -0.371. The number of fused-ring (bicyclic) bond motifs is 2. The minimum atomic E-state index is -0.371. The number of aromatic nitrogens is 5. The van der Waals surface area contributed by atoms with Crippen molar-refractivity contribution in [3.63, 3.8) is 0 Å². The van der Waals surface area contributed by atoms with Crippen LogP contribution in [0, 0.1) is 5.82 Å². The first-order chi connectivity index (χ1) is 14.1. The van der Waals surface area contributed by atoms with Crippen molar-refractivity contribution in [2.24, 2.45) is 7.05 Å². The van der Waals surface area contributed by atoms with E-state index in [1.165, 1.54) is 16.8 Å². The second-order valence-electron chi connectivity index (χ2n) is 6.88. The molecule has 0 aliphatic carbocycles. The molecule has 0 atom stereocenters. The van der Waals surface area contributed by atoms with Gasteiger partial charge in [-0.1, -0.05) is 24.3 Å². The SMILES string of the molecule is Cn1cc2c(-c3ccc(Cn4c(=O)cnc5ncccc54)c(F)c3)cccc2n1. The molecule has 0 saturated carbocycles. The van der Waals surface area contributed by atoms with Gasteiger partial charge in [-0.2, -0.15) is 5.10 Å². The van der Waals surface area contributed by atoms with Crippen molar-refractivity contribution < 1.29 is 4.39 Å². The second kappa shape index (κ2) is 6.63. The smallest absolute Gasteiger partial charge is 0.269 e. The summed E-state index contributed by atoms with van der Waals surface area (Å²) in [6.45, 7) is 0.104. The van der Waals surface area contributed by atoms with Gasteiger partial charge in [0.2, 0.25) is 0 Å². The molecule has 5 aromatic rings. The Morgan fingerprint density at radius 2 is 1.97 bits per heavy atom. The summed E-state index contributed by atoms with van der Waals surface area (Å²) < 4.78 is 18.2. The number of pyridine rings is 1. The van der Waals surface area contributed by atoms with Crippen LogP contribution in [0.15, 0.2) is 71.9 Å². The standard InChI is InChI=1S/C22H16FN5O/c1-27-13-17-16(4-2-5-19(17)26-27)14-7-8-15(18(23)10-14)12-28-20-6-3-9-24-22(20)25-11-21(28)29/h2-11,13H,12H2,1H3. The fourth-order valence-corrected chi connectivity index (χ4v) is 3.59. The number of hydrogen-bond donors (Lipinski definition) is 0. The van der Waals surface area contributed by atoms with E-state index in [2.05, 4.69) is 15.1 Å². The number of benzene rings is 2. The van der Waals surface area contributed by atoms with Crippen LogP contribution in [0.3, 0.4) is 0 Å². The molecule has 7 heteroatoms. The van der Waals surface area contributed by atoms with Crippen LogP contribution >= 0.6 is 0 Å². The molecule has 0 radical (unpaired) electrons. The van der Waals surface area contributed by atoms with Gasteiger partial charge in [0.15, 0.2) is 5.65 Å². The Morgan fingerprint density at radius 1 is 1.07 bits per heavy atom. The molecule has 6 nitrogen and oxygen atoms in total.